The molecular formula is C17H17Cl2N3O5S. The van der Waals surface area contributed by atoms with Crippen LogP contribution < -0.4 is 9.62 Å². The van der Waals surface area contributed by atoms with Crippen LogP contribution in [0.4, 0.5) is 17.1 Å². The molecule has 0 fully saturated rings. The zero-order valence-electron chi connectivity index (χ0n) is 14.8. The van der Waals surface area contributed by atoms with E-state index in [1.165, 1.54) is 18.2 Å². The van der Waals surface area contributed by atoms with Gasteiger partial charge in [0.05, 0.1) is 27.6 Å². The highest BCUT2D eigenvalue weighted by Crippen LogP contribution is 2.27. The molecule has 0 aromatic heterocycles. The van der Waals surface area contributed by atoms with Gasteiger partial charge in [0, 0.05) is 30.1 Å². The Morgan fingerprint density at radius 3 is 2.54 bits per heavy atom. The van der Waals surface area contributed by atoms with Gasteiger partial charge in [-0.05, 0) is 30.7 Å². The third kappa shape index (κ3) is 6.08. The standard InChI is InChI=1S/C17H17Cl2N3O5S/c1-28(26,27)21(13-5-2-4-12(18)10-13)9-3-6-17(23)20-16-11-14(22(24)25)7-8-15(16)19/h2,4-5,7-8,10-11H,3,6,9H2,1H3,(H,20,23). The number of nitro benzene ring substituents is 1. The van der Waals surface area contributed by atoms with Gasteiger partial charge in [-0.2, -0.15) is 0 Å². The smallest absolute Gasteiger partial charge is 0.271 e. The van der Waals surface area contributed by atoms with Crippen LogP contribution in [0.25, 0.3) is 0 Å². The molecule has 150 valence electrons. The van der Waals surface area contributed by atoms with Crippen LogP contribution in [-0.4, -0.2) is 32.0 Å². The SMILES string of the molecule is CS(=O)(=O)N(CCCC(=O)Nc1cc([N+](=O)[O-])ccc1Cl)c1cccc(Cl)c1. The van der Waals surface area contributed by atoms with Gasteiger partial charge in [-0.3, -0.25) is 19.2 Å². The molecule has 28 heavy (non-hydrogen) atoms. The monoisotopic (exact) mass is 445 g/mol. The van der Waals surface area contributed by atoms with Gasteiger partial charge in [0.25, 0.3) is 5.69 Å². The Hall–Kier alpha value is -2.36. The molecule has 0 bridgehead atoms. The lowest BCUT2D eigenvalue weighted by atomic mass is 10.2. The van der Waals surface area contributed by atoms with E-state index < -0.39 is 20.9 Å². The first kappa shape index (κ1) is 21.9. The molecule has 1 amide bonds. The first-order chi connectivity index (χ1) is 13.1. The molecule has 0 spiro atoms. The summed E-state index contributed by atoms with van der Waals surface area (Å²) < 4.78 is 25.3. The summed E-state index contributed by atoms with van der Waals surface area (Å²) in [7, 11) is -3.57. The lowest BCUT2D eigenvalue weighted by molar-refractivity contribution is -0.384. The summed E-state index contributed by atoms with van der Waals surface area (Å²) in [5.74, 6) is -0.443. The molecule has 0 unspecified atom stereocenters. The molecular weight excluding hydrogens is 429 g/mol. The van der Waals surface area contributed by atoms with Gasteiger partial charge in [-0.15, -0.1) is 0 Å². The van der Waals surface area contributed by atoms with Crippen LogP contribution in [0.3, 0.4) is 0 Å². The van der Waals surface area contributed by atoms with Crippen LogP contribution in [0.5, 0.6) is 0 Å². The number of benzene rings is 2. The largest absolute Gasteiger partial charge is 0.325 e. The minimum Gasteiger partial charge on any atom is -0.325 e. The second kappa shape index (κ2) is 9.22. The van der Waals surface area contributed by atoms with Crippen molar-refractivity contribution in [2.24, 2.45) is 0 Å². The van der Waals surface area contributed by atoms with Crippen LogP contribution in [0, 0.1) is 10.1 Å². The van der Waals surface area contributed by atoms with Crippen molar-refractivity contribution < 1.29 is 18.1 Å². The van der Waals surface area contributed by atoms with Gasteiger partial charge in [-0.25, -0.2) is 8.42 Å². The van der Waals surface area contributed by atoms with E-state index in [9.17, 15) is 23.3 Å². The molecule has 2 aromatic rings. The Bertz CT molecular complexity index is 998. The third-order valence-corrected chi connectivity index (χ3v) is 5.46. The molecule has 0 saturated carbocycles. The van der Waals surface area contributed by atoms with Crippen LogP contribution >= 0.6 is 23.2 Å². The van der Waals surface area contributed by atoms with Crippen LogP contribution in [0.2, 0.25) is 10.0 Å². The van der Waals surface area contributed by atoms with Crippen molar-refractivity contribution >= 4 is 56.2 Å². The van der Waals surface area contributed by atoms with E-state index in [1.54, 1.807) is 18.2 Å². The number of carbonyl (C=O) groups excluding carboxylic acids is 1. The first-order valence-corrected chi connectivity index (χ1v) is 10.7. The summed E-state index contributed by atoms with van der Waals surface area (Å²) >= 11 is 11.9. The van der Waals surface area contributed by atoms with E-state index in [0.29, 0.717) is 10.7 Å². The molecule has 0 radical (unpaired) electrons. The summed E-state index contributed by atoms with van der Waals surface area (Å²) in [6, 6.07) is 10.1. The van der Waals surface area contributed by atoms with Crippen molar-refractivity contribution in [3.8, 4) is 0 Å². The summed E-state index contributed by atoms with van der Waals surface area (Å²) in [5.41, 5.74) is 0.316. The number of carbonyl (C=O) groups is 1. The number of hydrogen-bond acceptors (Lipinski definition) is 5. The van der Waals surface area contributed by atoms with Crippen molar-refractivity contribution in [1.82, 2.24) is 0 Å². The number of halogens is 2. The van der Waals surface area contributed by atoms with Gasteiger partial charge >= 0.3 is 0 Å². The maximum atomic E-state index is 12.1. The number of nitrogens with one attached hydrogen (secondary N) is 1. The van der Waals surface area contributed by atoms with E-state index in [2.05, 4.69) is 5.32 Å². The number of nitrogens with zero attached hydrogens (tertiary/aromatic N) is 2. The molecule has 0 heterocycles. The number of anilines is 2. The third-order valence-electron chi connectivity index (χ3n) is 3.70. The highest BCUT2D eigenvalue weighted by molar-refractivity contribution is 7.92. The fourth-order valence-electron chi connectivity index (χ4n) is 2.44. The predicted octanol–water partition coefficient (Wildman–Crippen LogP) is 4.09. The predicted molar refractivity (Wildman–Crippen MR) is 110 cm³/mol. The maximum Gasteiger partial charge on any atom is 0.271 e. The number of non-ortho nitro benzene ring substituents is 1. The normalized spacial score (nSPS) is 11.1. The molecule has 8 nitrogen and oxygen atoms in total. The minimum absolute atomic E-state index is 0.00833. The number of rotatable bonds is 8. The number of nitro groups is 1. The van der Waals surface area contributed by atoms with Crippen LogP contribution in [0.1, 0.15) is 12.8 Å². The molecule has 2 rings (SSSR count). The summed E-state index contributed by atoms with van der Waals surface area (Å²) in [5, 5.41) is 13.9. The zero-order chi connectivity index (χ0) is 20.9. The molecule has 1 N–H and O–H groups in total. The van der Waals surface area contributed by atoms with E-state index in [-0.39, 0.29) is 35.8 Å². The van der Waals surface area contributed by atoms with Crippen molar-refractivity contribution in [1.29, 1.82) is 0 Å². The van der Waals surface area contributed by atoms with Crippen molar-refractivity contribution in [3.05, 3.63) is 62.6 Å². The van der Waals surface area contributed by atoms with E-state index >= 15 is 0 Å². The lowest BCUT2D eigenvalue weighted by Crippen LogP contribution is -2.31. The Morgan fingerprint density at radius 2 is 1.93 bits per heavy atom. The number of amides is 1. The van der Waals surface area contributed by atoms with Gasteiger partial charge in [-0.1, -0.05) is 29.3 Å². The van der Waals surface area contributed by atoms with Gasteiger partial charge in [0.2, 0.25) is 15.9 Å². The molecule has 0 aliphatic carbocycles. The summed E-state index contributed by atoms with van der Waals surface area (Å²) in [6.07, 6.45) is 1.28. The molecule has 0 aliphatic heterocycles. The average Bonchev–Trinajstić information content (AvgIpc) is 2.59. The maximum absolute atomic E-state index is 12.1. The number of hydrogen-bond donors (Lipinski definition) is 1. The van der Waals surface area contributed by atoms with Crippen molar-refractivity contribution in [2.45, 2.75) is 12.8 Å². The Balaban J connectivity index is 2.02. The fraction of sp³-hybridized carbons (Fsp3) is 0.235. The van der Waals surface area contributed by atoms with Gasteiger partial charge in [0.15, 0.2) is 0 Å². The zero-order valence-corrected chi connectivity index (χ0v) is 17.1. The van der Waals surface area contributed by atoms with E-state index in [0.717, 1.165) is 16.6 Å². The Kier molecular flexibility index (Phi) is 7.22. The Labute approximate surface area is 172 Å². The van der Waals surface area contributed by atoms with E-state index in [1.807, 2.05) is 0 Å². The topological polar surface area (TPSA) is 110 Å². The second-order valence-electron chi connectivity index (χ2n) is 5.89. The van der Waals surface area contributed by atoms with Gasteiger partial charge < -0.3 is 5.32 Å². The van der Waals surface area contributed by atoms with Crippen molar-refractivity contribution in [2.75, 3.05) is 22.4 Å². The summed E-state index contributed by atoms with van der Waals surface area (Å²) in [6.45, 7) is 0.0647. The summed E-state index contributed by atoms with van der Waals surface area (Å²) in [4.78, 5) is 22.4. The van der Waals surface area contributed by atoms with Crippen molar-refractivity contribution in [3.63, 3.8) is 0 Å². The molecule has 11 heteroatoms. The van der Waals surface area contributed by atoms with E-state index in [4.69, 9.17) is 23.2 Å². The molecule has 2 aromatic carbocycles. The molecule has 0 saturated heterocycles. The number of sulfonamides is 1. The quantitative estimate of drug-likeness (QED) is 0.485. The average molecular weight is 446 g/mol. The highest BCUT2D eigenvalue weighted by Gasteiger charge is 2.18. The molecule has 0 aliphatic rings. The lowest BCUT2D eigenvalue weighted by Gasteiger charge is -2.22. The van der Waals surface area contributed by atoms with Gasteiger partial charge in [0.1, 0.15) is 0 Å². The second-order valence-corrected chi connectivity index (χ2v) is 8.64. The highest BCUT2D eigenvalue weighted by atomic mass is 35.5. The first-order valence-electron chi connectivity index (χ1n) is 8.05. The Morgan fingerprint density at radius 1 is 1.21 bits per heavy atom. The molecule has 0 atom stereocenters. The fourth-order valence-corrected chi connectivity index (χ4v) is 3.74. The minimum atomic E-state index is -3.57. The van der Waals surface area contributed by atoms with Crippen LogP contribution in [-0.2, 0) is 14.8 Å². The van der Waals surface area contributed by atoms with Crippen LogP contribution in [0.15, 0.2) is 42.5 Å².